The van der Waals surface area contributed by atoms with E-state index in [1.807, 2.05) is 6.07 Å². The van der Waals surface area contributed by atoms with Gasteiger partial charge in [-0.1, -0.05) is 12.1 Å². The molecule has 1 heterocycles. The first-order valence-electron chi connectivity index (χ1n) is 6.54. The van der Waals surface area contributed by atoms with Crippen LogP contribution in [0.1, 0.15) is 12.0 Å². The van der Waals surface area contributed by atoms with Gasteiger partial charge in [0, 0.05) is 25.8 Å². The number of urea groups is 1. The van der Waals surface area contributed by atoms with Gasteiger partial charge in [-0.2, -0.15) is 0 Å². The van der Waals surface area contributed by atoms with Crippen LogP contribution < -0.4 is 10.6 Å². The minimum atomic E-state index is -1.35. The fraction of sp³-hybridized carbons (Fsp3) is 0.429. The molecule has 0 bridgehead atoms. The van der Waals surface area contributed by atoms with Crippen molar-refractivity contribution in [3.05, 3.63) is 29.8 Å². The molecule has 1 aliphatic rings. The van der Waals surface area contributed by atoms with Crippen molar-refractivity contribution in [2.24, 2.45) is 0 Å². The topological polar surface area (TPSA) is 96.9 Å². The lowest BCUT2D eigenvalue weighted by molar-refractivity contribution is -0.144. The fourth-order valence-corrected chi connectivity index (χ4v) is 2.17. The van der Waals surface area contributed by atoms with Crippen LogP contribution in [-0.2, 0) is 20.9 Å². The Balaban J connectivity index is 2.01. The summed E-state index contributed by atoms with van der Waals surface area (Å²) in [6, 6.07) is 6.57. The van der Waals surface area contributed by atoms with Gasteiger partial charge in [0.25, 0.3) is 0 Å². The second kappa shape index (κ2) is 6.55. The van der Waals surface area contributed by atoms with Crippen LogP contribution in [0.4, 0.5) is 10.5 Å². The molecule has 1 fully saturated rings. The molecule has 1 aliphatic heterocycles. The summed E-state index contributed by atoms with van der Waals surface area (Å²) >= 11 is 0. The SMILES string of the molecule is COCc1cccc(NC(=O)NC2(C(=O)O)CCOC2)c1. The first kappa shape index (κ1) is 15.3. The molecule has 7 heteroatoms. The number of carboxylic acids is 1. The summed E-state index contributed by atoms with van der Waals surface area (Å²) in [5.41, 5.74) is 0.128. The molecule has 0 saturated carbocycles. The third kappa shape index (κ3) is 3.71. The predicted molar refractivity (Wildman–Crippen MR) is 75.1 cm³/mol. The normalized spacial score (nSPS) is 21.0. The Morgan fingerprint density at radius 3 is 2.90 bits per heavy atom. The number of rotatable bonds is 5. The van der Waals surface area contributed by atoms with Gasteiger partial charge < -0.3 is 25.2 Å². The molecule has 1 aromatic rings. The van der Waals surface area contributed by atoms with Crippen molar-refractivity contribution < 1.29 is 24.2 Å². The molecule has 2 amide bonds. The number of carbonyl (C=O) groups excluding carboxylic acids is 1. The van der Waals surface area contributed by atoms with Crippen molar-refractivity contribution in [3.8, 4) is 0 Å². The summed E-state index contributed by atoms with van der Waals surface area (Å²) in [6.45, 7) is 0.722. The molecule has 0 aromatic heterocycles. The Morgan fingerprint density at radius 2 is 2.29 bits per heavy atom. The van der Waals surface area contributed by atoms with Gasteiger partial charge in [0.05, 0.1) is 13.2 Å². The van der Waals surface area contributed by atoms with Gasteiger partial charge >= 0.3 is 12.0 Å². The highest BCUT2D eigenvalue weighted by molar-refractivity contribution is 5.94. The molecule has 0 spiro atoms. The highest BCUT2D eigenvalue weighted by Crippen LogP contribution is 2.19. The number of anilines is 1. The zero-order valence-corrected chi connectivity index (χ0v) is 11.7. The summed E-state index contributed by atoms with van der Waals surface area (Å²) in [6.07, 6.45) is 0.249. The molecule has 1 aromatic carbocycles. The van der Waals surface area contributed by atoms with Crippen molar-refractivity contribution in [2.75, 3.05) is 25.6 Å². The van der Waals surface area contributed by atoms with Gasteiger partial charge in [0.15, 0.2) is 5.54 Å². The van der Waals surface area contributed by atoms with E-state index in [1.54, 1.807) is 25.3 Å². The molecular weight excluding hydrogens is 276 g/mol. The molecule has 114 valence electrons. The Hall–Kier alpha value is -2.12. The number of ether oxygens (including phenoxy) is 2. The van der Waals surface area contributed by atoms with Crippen LogP contribution in [-0.4, -0.2) is 43.0 Å². The summed E-state index contributed by atoms with van der Waals surface area (Å²) in [7, 11) is 1.59. The maximum absolute atomic E-state index is 12.0. The fourth-order valence-electron chi connectivity index (χ4n) is 2.17. The Bertz CT molecular complexity index is 526. The van der Waals surface area contributed by atoms with Crippen LogP contribution >= 0.6 is 0 Å². The summed E-state index contributed by atoms with van der Waals surface area (Å²) < 4.78 is 10.1. The average molecular weight is 294 g/mol. The highest BCUT2D eigenvalue weighted by Gasteiger charge is 2.44. The standard InChI is InChI=1S/C14H18N2O5/c1-20-8-10-3-2-4-11(7-10)15-13(19)16-14(12(17)18)5-6-21-9-14/h2-4,7H,5-6,8-9H2,1H3,(H,17,18)(H2,15,16,19). The second-order valence-electron chi connectivity index (χ2n) is 4.90. The molecule has 1 unspecified atom stereocenters. The van der Waals surface area contributed by atoms with Gasteiger partial charge in [0.1, 0.15) is 0 Å². The molecule has 7 nitrogen and oxygen atoms in total. The molecule has 0 radical (unpaired) electrons. The molecule has 2 rings (SSSR count). The average Bonchev–Trinajstić information content (AvgIpc) is 2.89. The number of carboxylic acid groups (broad SMARTS) is 1. The van der Waals surface area contributed by atoms with Gasteiger partial charge in [-0.15, -0.1) is 0 Å². The number of methoxy groups -OCH3 is 1. The van der Waals surface area contributed by atoms with Crippen molar-refractivity contribution in [2.45, 2.75) is 18.6 Å². The van der Waals surface area contributed by atoms with Gasteiger partial charge in [-0.05, 0) is 17.7 Å². The van der Waals surface area contributed by atoms with Crippen LogP contribution in [0, 0.1) is 0 Å². The van der Waals surface area contributed by atoms with E-state index >= 15 is 0 Å². The van der Waals surface area contributed by atoms with Crippen molar-refractivity contribution in [1.29, 1.82) is 0 Å². The summed E-state index contributed by atoms with van der Waals surface area (Å²) in [4.78, 5) is 23.3. The third-order valence-electron chi connectivity index (χ3n) is 3.28. The summed E-state index contributed by atoms with van der Waals surface area (Å²) in [5.74, 6) is -1.09. The predicted octanol–water partition coefficient (Wildman–Crippen LogP) is 1.20. The maximum atomic E-state index is 12.0. The first-order chi connectivity index (χ1) is 10.1. The quantitative estimate of drug-likeness (QED) is 0.758. The van der Waals surface area contributed by atoms with Crippen LogP contribution in [0.15, 0.2) is 24.3 Å². The Morgan fingerprint density at radius 1 is 1.48 bits per heavy atom. The lowest BCUT2D eigenvalue weighted by atomic mass is 9.99. The van der Waals surface area contributed by atoms with Gasteiger partial charge in [0.2, 0.25) is 0 Å². The van der Waals surface area contributed by atoms with Gasteiger partial charge in [-0.3, -0.25) is 0 Å². The van der Waals surface area contributed by atoms with Crippen LogP contribution in [0.3, 0.4) is 0 Å². The number of amides is 2. The molecule has 1 atom stereocenters. The van der Waals surface area contributed by atoms with Crippen molar-refractivity contribution >= 4 is 17.7 Å². The molecule has 1 saturated heterocycles. The van der Waals surface area contributed by atoms with Gasteiger partial charge in [-0.25, -0.2) is 9.59 Å². The lowest BCUT2D eigenvalue weighted by Crippen LogP contribution is -2.56. The zero-order chi connectivity index (χ0) is 15.3. The summed E-state index contributed by atoms with van der Waals surface area (Å²) in [5, 5.41) is 14.4. The molecule has 21 heavy (non-hydrogen) atoms. The van der Waals surface area contributed by atoms with E-state index in [2.05, 4.69) is 10.6 Å². The number of benzene rings is 1. The van der Waals surface area contributed by atoms with E-state index < -0.39 is 17.5 Å². The Labute approximate surface area is 122 Å². The number of hydrogen-bond donors (Lipinski definition) is 3. The van der Waals surface area contributed by atoms with E-state index in [0.29, 0.717) is 18.9 Å². The number of carbonyl (C=O) groups is 2. The molecular formula is C14H18N2O5. The second-order valence-corrected chi connectivity index (χ2v) is 4.90. The maximum Gasteiger partial charge on any atom is 0.332 e. The van der Waals surface area contributed by atoms with Crippen LogP contribution in [0.2, 0.25) is 0 Å². The largest absolute Gasteiger partial charge is 0.479 e. The van der Waals surface area contributed by atoms with E-state index in [-0.39, 0.29) is 13.0 Å². The van der Waals surface area contributed by atoms with E-state index in [4.69, 9.17) is 9.47 Å². The molecule has 3 N–H and O–H groups in total. The van der Waals surface area contributed by atoms with Crippen LogP contribution in [0.5, 0.6) is 0 Å². The van der Waals surface area contributed by atoms with Crippen molar-refractivity contribution in [3.63, 3.8) is 0 Å². The highest BCUT2D eigenvalue weighted by atomic mass is 16.5. The zero-order valence-electron chi connectivity index (χ0n) is 11.7. The van der Waals surface area contributed by atoms with Crippen LogP contribution in [0.25, 0.3) is 0 Å². The first-order valence-corrected chi connectivity index (χ1v) is 6.54. The van der Waals surface area contributed by atoms with E-state index in [1.165, 1.54) is 0 Å². The number of hydrogen-bond acceptors (Lipinski definition) is 4. The minimum absolute atomic E-state index is 0.0283. The number of aliphatic carboxylic acids is 1. The minimum Gasteiger partial charge on any atom is -0.479 e. The lowest BCUT2D eigenvalue weighted by Gasteiger charge is -2.23. The Kier molecular flexibility index (Phi) is 4.77. The smallest absolute Gasteiger partial charge is 0.332 e. The van der Waals surface area contributed by atoms with Crippen molar-refractivity contribution in [1.82, 2.24) is 5.32 Å². The third-order valence-corrected chi connectivity index (χ3v) is 3.28. The molecule has 0 aliphatic carbocycles. The van der Waals surface area contributed by atoms with E-state index in [0.717, 1.165) is 5.56 Å². The number of nitrogens with one attached hydrogen (secondary N) is 2. The van der Waals surface area contributed by atoms with E-state index in [9.17, 15) is 14.7 Å². The monoisotopic (exact) mass is 294 g/mol.